The van der Waals surface area contributed by atoms with Crippen LogP contribution in [0.25, 0.3) is 11.5 Å². The fourth-order valence-electron chi connectivity index (χ4n) is 2.67. The molecule has 0 radical (unpaired) electrons. The van der Waals surface area contributed by atoms with E-state index in [1.165, 1.54) is 8.61 Å². The van der Waals surface area contributed by atoms with Crippen LogP contribution < -0.4 is 0 Å². The van der Waals surface area contributed by atoms with Crippen molar-refractivity contribution < 1.29 is 8.42 Å². The highest BCUT2D eigenvalue weighted by atomic mass is 32.2. The molecule has 0 spiro atoms. The Bertz CT molecular complexity index is 787. The Morgan fingerprint density at radius 3 is 2.28 bits per heavy atom. The Morgan fingerprint density at radius 1 is 1.04 bits per heavy atom. The molecule has 0 unspecified atom stereocenters. The molecule has 9 heteroatoms. The van der Waals surface area contributed by atoms with Crippen molar-refractivity contribution in [3.05, 3.63) is 42.4 Å². The van der Waals surface area contributed by atoms with Crippen molar-refractivity contribution in [1.82, 2.24) is 28.5 Å². The van der Waals surface area contributed by atoms with Gasteiger partial charge in [-0.05, 0) is 12.1 Å². The molecular weight excluding hydrogens is 340 g/mol. The van der Waals surface area contributed by atoms with Crippen LogP contribution in [-0.2, 0) is 16.8 Å². The normalized spacial score (nSPS) is 17.1. The number of pyridine rings is 1. The van der Waals surface area contributed by atoms with Crippen LogP contribution in [0.2, 0.25) is 0 Å². The van der Waals surface area contributed by atoms with Gasteiger partial charge in [0.1, 0.15) is 5.69 Å². The van der Waals surface area contributed by atoms with Crippen LogP contribution >= 0.6 is 0 Å². The number of hydrogen-bond acceptors (Lipinski definition) is 6. The minimum absolute atomic E-state index is 0.493. The fourth-order valence-corrected chi connectivity index (χ4v) is 3.76. The molecule has 134 valence electrons. The van der Waals surface area contributed by atoms with Crippen LogP contribution in [-0.4, -0.2) is 77.2 Å². The lowest BCUT2D eigenvalue weighted by molar-refractivity contribution is 0.177. The zero-order valence-electron chi connectivity index (χ0n) is 14.4. The molecule has 1 aliphatic heterocycles. The van der Waals surface area contributed by atoms with Gasteiger partial charge < -0.3 is 0 Å². The monoisotopic (exact) mass is 362 g/mol. The number of hydrogen-bond donors (Lipinski definition) is 0. The van der Waals surface area contributed by atoms with Crippen molar-refractivity contribution in [2.24, 2.45) is 0 Å². The number of rotatable bonds is 5. The van der Waals surface area contributed by atoms with Gasteiger partial charge in [-0.2, -0.15) is 17.0 Å². The van der Waals surface area contributed by atoms with Gasteiger partial charge in [0.25, 0.3) is 10.2 Å². The lowest BCUT2D eigenvalue weighted by atomic mass is 10.2. The predicted molar refractivity (Wildman–Crippen MR) is 94.7 cm³/mol. The summed E-state index contributed by atoms with van der Waals surface area (Å²) < 4.78 is 27.0. The molecule has 2 aromatic heterocycles. The maximum Gasteiger partial charge on any atom is 0.281 e. The first kappa shape index (κ1) is 17.9. The standard InChI is InChI=1S/C16H22N6O2S/c1-20(2)25(23,24)22-9-7-21(8-10-22)13-14-11-18-16(19-12-14)15-5-3-4-6-17-15/h3-6,11-12H,7-10,13H2,1-2H3. The Labute approximate surface area is 148 Å². The summed E-state index contributed by atoms with van der Waals surface area (Å²) in [5, 5.41) is 0. The van der Waals surface area contributed by atoms with Gasteiger partial charge >= 0.3 is 0 Å². The van der Waals surface area contributed by atoms with Gasteiger partial charge in [-0.25, -0.2) is 9.97 Å². The van der Waals surface area contributed by atoms with Gasteiger partial charge in [0.2, 0.25) is 0 Å². The Morgan fingerprint density at radius 2 is 1.72 bits per heavy atom. The van der Waals surface area contributed by atoms with E-state index in [0.717, 1.165) is 11.3 Å². The highest BCUT2D eigenvalue weighted by Gasteiger charge is 2.28. The van der Waals surface area contributed by atoms with E-state index in [-0.39, 0.29) is 0 Å². The molecule has 0 aliphatic carbocycles. The molecule has 0 atom stereocenters. The van der Waals surface area contributed by atoms with E-state index in [4.69, 9.17) is 0 Å². The minimum atomic E-state index is -3.32. The maximum absolute atomic E-state index is 12.1. The third-order valence-electron chi connectivity index (χ3n) is 4.12. The van der Waals surface area contributed by atoms with Gasteiger partial charge in [0, 0.05) is 71.0 Å². The molecular formula is C16H22N6O2S. The van der Waals surface area contributed by atoms with Crippen LogP contribution in [0.3, 0.4) is 0 Å². The summed E-state index contributed by atoms with van der Waals surface area (Å²) in [5.41, 5.74) is 1.75. The van der Waals surface area contributed by atoms with E-state index in [0.29, 0.717) is 38.5 Å². The quantitative estimate of drug-likeness (QED) is 0.769. The van der Waals surface area contributed by atoms with Crippen LogP contribution in [0.1, 0.15) is 5.56 Å². The smallest absolute Gasteiger partial charge is 0.281 e. The summed E-state index contributed by atoms with van der Waals surface area (Å²) in [4.78, 5) is 15.2. The third kappa shape index (κ3) is 4.18. The number of aromatic nitrogens is 3. The number of piperazine rings is 1. The molecule has 3 heterocycles. The van der Waals surface area contributed by atoms with Gasteiger partial charge in [0.05, 0.1) is 0 Å². The first-order chi connectivity index (χ1) is 12.0. The molecule has 0 N–H and O–H groups in total. The molecule has 1 aliphatic rings. The summed E-state index contributed by atoms with van der Waals surface area (Å²) in [6, 6.07) is 5.63. The van der Waals surface area contributed by atoms with Gasteiger partial charge in [-0.1, -0.05) is 6.07 Å². The van der Waals surface area contributed by atoms with Crippen LogP contribution in [0.4, 0.5) is 0 Å². The average molecular weight is 362 g/mol. The van der Waals surface area contributed by atoms with Crippen LogP contribution in [0.5, 0.6) is 0 Å². The van der Waals surface area contributed by atoms with Crippen molar-refractivity contribution in [2.75, 3.05) is 40.3 Å². The predicted octanol–water partition coefficient (Wildman–Crippen LogP) is 0.463. The second kappa shape index (κ2) is 7.52. The second-order valence-electron chi connectivity index (χ2n) is 6.10. The van der Waals surface area contributed by atoms with E-state index in [2.05, 4.69) is 19.9 Å². The molecule has 0 amide bonds. The molecule has 3 rings (SSSR count). The zero-order valence-corrected chi connectivity index (χ0v) is 15.2. The Hall–Kier alpha value is -1.94. The average Bonchev–Trinajstić information content (AvgIpc) is 2.63. The SMILES string of the molecule is CN(C)S(=O)(=O)N1CCN(Cc2cnc(-c3ccccn3)nc2)CC1. The van der Waals surface area contributed by atoms with Crippen LogP contribution in [0.15, 0.2) is 36.8 Å². The van der Waals surface area contributed by atoms with Gasteiger partial charge in [-0.15, -0.1) is 0 Å². The second-order valence-corrected chi connectivity index (χ2v) is 8.24. The molecule has 0 saturated carbocycles. The fraction of sp³-hybridized carbons (Fsp3) is 0.438. The van der Waals surface area contributed by atoms with Crippen molar-refractivity contribution in [2.45, 2.75) is 6.54 Å². The molecule has 0 aromatic carbocycles. The van der Waals surface area contributed by atoms with Crippen molar-refractivity contribution >= 4 is 10.2 Å². The van der Waals surface area contributed by atoms with E-state index >= 15 is 0 Å². The molecule has 0 bridgehead atoms. The van der Waals surface area contributed by atoms with Gasteiger partial charge in [0.15, 0.2) is 5.82 Å². The highest BCUT2D eigenvalue weighted by molar-refractivity contribution is 7.86. The van der Waals surface area contributed by atoms with E-state index in [1.807, 2.05) is 18.2 Å². The van der Waals surface area contributed by atoms with Gasteiger partial charge in [-0.3, -0.25) is 9.88 Å². The summed E-state index contributed by atoms with van der Waals surface area (Å²) in [7, 11) is -0.209. The summed E-state index contributed by atoms with van der Waals surface area (Å²) >= 11 is 0. The first-order valence-electron chi connectivity index (χ1n) is 8.09. The van der Waals surface area contributed by atoms with E-state index < -0.39 is 10.2 Å². The Balaban J connectivity index is 1.58. The maximum atomic E-state index is 12.1. The third-order valence-corrected chi connectivity index (χ3v) is 6.07. The summed E-state index contributed by atoms with van der Waals surface area (Å²) in [5.74, 6) is 0.603. The Kier molecular flexibility index (Phi) is 5.38. The molecule has 1 fully saturated rings. The van der Waals surface area contributed by atoms with E-state index in [9.17, 15) is 8.42 Å². The first-order valence-corrected chi connectivity index (χ1v) is 9.49. The lowest BCUT2D eigenvalue weighted by Crippen LogP contribution is -2.51. The lowest BCUT2D eigenvalue weighted by Gasteiger charge is -2.35. The molecule has 25 heavy (non-hydrogen) atoms. The largest absolute Gasteiger partial charge is 0.296 e. The van der Waals surface area contributed by atoms with Crippen molar-refractivity contribution in [3.8, 4) is 11.5 Å². The van der Waals surface area contributed by atoms with E-state index in [1.54, 1.807) is 32.7 Å². The minimum Gasteiger partial charge on any atom is -0.296 e. The molecule has 8 nitrogen and oxygen atoms in total. The molecule has 1 saturated heterocycles. The zero-order chi connectivity index (χ0) is 17.9. The van der Waals surface area contributed by atoms with Crippen LogP contribution in [0, 0.1) is 0 Å². The molecule has 2 aromatic rings. The summed E-state index contributed by atoms with van der Waals surface area (Å²) in [6.07, 6.45) is 5.33. The number of nitrogens with zero attached hydrogens (tertiary/aromatic N) is 6. The summed E-state index contributed by atoms with van der Waals surface area (Å²) in [6.45, 7) is 3.07. The van der Waals surface area contributed by atoms with Crippen molar-refractivity contribution in [1.29, 1.82) is 0 Å². The van der Waals surface area contributed by atoms with Crippen molar-refractivity contribution in [3.63, 3.8) is 0 Å². The highest BCUT2D eigenvalue weighted by Crippen LogP contribution is 2.14. The topological polar surface area (TPSA) is 82.5 Å².